The number of carboxylic acid groups (broad SMARTS) is 1. The lowest BCUT2D eigenvalue weighted by atomic mass is 10.1. The number of aliphatic carboxylic acids is 1. The summed E-state index contributed by atoms with van der Waals surface area (Å²) in [4.78, 5) is 13.5. The van der Waals surface area contributed by atoms with Crippen LogP contribution in [-0.2, 0) is 24.5 Å². The number of rotatable bonds is 14. The first-order chi connectivity index (χ1) is 19.4. The molecule has 3 N–H and O–H groups in total. The Kier molecular flexibility index (Phi) is 10.1. The third-order valence-corrected chi connectivity index (χ3v) is 6.38. The van der Waals surface area contributed by atoms with Crippen LogP contribution in [0.1, 0.15) is 23.1 Å². The fraction of sp³-hybridized carbons (Fsp3) is 0.219. The number of carbonyl (C=O) groups is 1. The van der Waals surface area contributed by atoms with E-state index in [2.05, 4.69) is 4.90 Å². The Morgan fingerprint density at radius 2 is 1.50 bits per heavy atom. The molecule has 0 spiro atoms. The maximum Gasteiger partial charge on any atom is 0.320 e. The van der Waals surface area contributed by atoms with E-state index >= 15 is 0 Å². The van der Waals surface area contributed by atoms with E-state index in [0.29, 0.717) is 49.2 Å². The van der Waals surface area contributed by atoms with Crippen LogP contribution in [0.3, 0.4) is 0 Å². The van der Waals surface area contributed by atoms with Crippen molar-refractivity contribution in [3.63, 3.8) is 0 Å². The molecule has 0 amide bonds. The molecule has 0 aliphatic heterocycles. The lowest BCUT2D eigenvalue weighted by molar-refractivity contribution is -0.138. The summed E-state index contributed by atoms with van der Waals surface area (Å²) < 4.78 is 30.9. The molecule has 1 atom stereocenters. The van der Waals surface area contributed by atoms with Crippen LogP contribution in [0.5, 0.6) is 23.0 Å². The maximum absolute atomic E-state index is 13.3. The predicted molar refractivity (Wildman–Crippen MR) is 151 cm³/mol. The Balaban J connectivity index is 1.54. The normalized spacial score (nSPS) is 11.7. The van der Waals surface area contributed by atoms with Crippen LogP contribution >= 0.6 is 0 Å². The fourth-order valence-electron chi connectivity index (χ4n) is 4.18. The molecular weight excluding hydrogens is 511 g/mol. The quantitative estimate of drug-likeness (QED) is 0.201. The molecule has 8 heteroatoms. The number of nitrogens with zero attached hydrogens (tertiary/aromatic N) is 1. The molecule has 4 rings (SSSR count). The van der Waals surface area contributed by atoms with Crippen molar-refractivity contribution in [2.45, 2.75) is 32.2 Å². The average molecular weight is 545 g/mol. The van der Waals surface area contributed by atoms with Gasteiger partial charge in [-0.15, -0.1) is 0 Å². The molecule has 0 bridgehead atoms. The maximum atomic E-state index is 13.3. The predicted octanol–water partition coefficient (Wildman–Crippen LogP) is 6.01. The summed E-state index contributed by atoms with van der Waals surface area (Å²) >= 11 is 0. The average Bonchev–Trinajstić information content (AvgIpc) is 2.97. The Bertz CT molecular complexity index is 1400. The summed E-state index contributed by atoms with van der Waals surface area (Å²) in [5, 5.41) is 9.35. The first-order valence-electron chi connectivity index (χ1n) is 13.0. The van der Waals surface area contributed by atoms with Gasteiger partial charge in [0, 0.05) is 36.8 Å². The number of benzene rings is 4. The molecular formula is C32H33FN2O5. The summed E-state index contributed by atoms with van der Waals surface area (Å²) in [5.41, 5.74) is 8.56. The fourth-order valence-corrected chi connectivity index (χ4v) is 4.18. The SMILES string of the molecule is COc1cccc(Oc2ccccc2CN(CC[C@H](N)C(=O)O)Cc2ccccc2OCc2ccc(F)cc2)c1. The second kappa shape index (κ2) is 14.1. The number of methoxy groups -OCH3 is 1. The Labute approximate surface area is 233 Å². The molecule has 0 radical (unpaired) electrons. The van der Waals surface area contributed by atoms with Crippen molar-refractivity contribution < 1.29 is 28.5 Å². The van der Waals surface area contributed by atoms with Gasteiger partial charge in [0.15, 0.2) is 0 Å². The van der Waals surface area contributed by atoms with Crippen LogP contribution in [0.2, 0.25) is 0 Å². The highest BCUT2D eigenvalue weighted by Gasteiger charge is 2.18. The Morgan fingerprint density at radius 3 is 2.17 bits per heavy atom. The number of halogens is 1. The van der Waals surface area contributed by atoms with Gasteiger partial charge >= 0.3 is 5.97 Å². The van der Waals surface area contributed by atoms with Gasteiger partial charge in [0.05, 0.1) is 7.11 Å². The lowest BCUT2D eigenvalue weighted by Crippen LogP contribution is -2.35. The minimum Gasteiger partial charge on any atom is -0.497 e. The first-order valence-corrected chi connectivity index (χ1v) is 13.0. The minimum absolute atomic E-state index is 0.271. The van der Waals surface area contributed by atoms with Gasteiger partial charge in [-0.05, 0) is 48.4 Å². The van der Waals surface area contributed by atoms with Crippen molar-refractivity contribution in [2.24, 2.45) is 5.73 Å². The van der Waals surface area contributed by atoms with E-state index in [1.165, 1.54) is 12.1 Å². The minimum atomic E-state index is -1.04. The summed E-state index contributed by atoms with van der Waals surface area (Å²) in [5.74, 6) is 1.38. The highest BCUT2D eigenvalue weighted by atomic mass is 19.1. The van der Waals surface area contributed by atoms with Crippen molar-refractivity contribution >= 4 is 5.97 Å². The molecule has 4 aromatic carbocycles. The van der Waals surface area contributed by atoms with E-state index in [0.717, 1.165) is 16.7 Å². The van der Waals surface area contributed by atoms with Crippen LogP contribution in [0.15, 0.2) is 97.1 Å². The van der Waals surface area contributed by atoms with Crippen LogP contribution in [-0.4, -0.2) is 35.7 Å². The highest BCUT2D eigenvalue weighted by Crippen LogP contribution is 2.30. The molecule has 0 heterocycles. The monoisotopic (exact) mass is 544 g/mol. The molecule has 0 aliphatic carbocycles. The number of para-hydroxylation sites is 2. The second-order valence-electron chi connectivity index (χ2n) is 9.36. The van der Waals surface area contributed by atoms with Crippen molar-refractivity contribution in [3.8, 4) is 23.0 Å². The summed E-state index contributed by atoms with van der Waals surface area (Å²) in [7, 11) is 1.61. The van der Waals surface area contributed by atoms with Crippen molar-refractivity contribution in [3.05, 3.63) is 120 Å². The topological polar surface area (TPSA) is 94.2 Å². The van der Waals surface area contributed by atoms with E-state index in [4.69, 9.17) is 19.9 Å². The first kappa shape index (κ1) is 28.6. The van der Waals surface area contributed by atoms with E-state index in [9.17, 15) is 14.3 Å². The molecule has 0 saturated carbocycles. The van der Waals surface area contributed by atoms with Gasteiger partial charge in [-0.2, -0.15) is 0 Å². The van der Waals surface area contributed by atoms with Crippen molar-refractivity contribution in [2.75, 3.05) is 13.7 Å². The van der Waals surface area contributed by atoms with E-state index < -0.39 is 12.0 Å². The molecule has 208 valence electrons. The Hall–Kier alpha value is -4.40. The molecule has 40 heavy (non-hydrogen) atoms. The van der Waals surface area contributed by atoms with Gasteiger partial charge in [-0.3, -0.25) is 9.69 Å². The van der Waals surface area contributed by atoms with Gasteiger partial charge in [-0.1, -0.05) is 54.6 Å². The zero-order valence-corrected chi connectivity index (χ0v) is 22.3. The van der Waals surface area contributed by atoms with E-state index in [-0.39, 0.29) is 12.2 Å². The van der Waals surface area contributed by atoms with Crippen LogP contribution < -0.4 is 19.9 Å². The molecule has 0 saturated heterocycles. The van der Waals surface area contributed by atoms with Crippen LogP contribution in [0.4, 0.5) is 4.39 Å². The van der Waals surface area contributed by atoms with Gasteiger partial charge in [0.2, 0.25) is 0 Å². The third kappa shape index (κ3) is 8.30. The zero-order valence-electron chi connectivity index (χ0n) is 22.3. The number of ether oxygens (including phenoxy) is 3. The molecule has 0 aliphatic rings. The van der Waals surface area contributed by atoms with Gasteiger partial charge < -0.3 is 25.1 Å². The zero-order chi connectivity index (χ0) is 28.3. The highest BCUT2D eigenvalue weighted by molar-refractivity contribution is 5.73. The number of hydrogen-bond donors (Lipinski definition) is 2. The number of hydrogen-bond acceptors (Lipinski definition) is 6. The standard InChI is InChI=1S/C32H33FN2O5/c1-38-27-9-6-10-28(19-27)40-31-12-5-3-8-25(31)21-35(18-17-29(34)32(36)37)20-24-7-2-4-11-30(24)39-22-23-13-15-26(33)16-14-23/h2-16,19,29H,17-18,20-22,34H2,1H3,(H,36,37)/t29-/m0/s1. The Morgan fingerprint density at radius 1 is 0.875 bits per heavy atom. The molecule has 0 aromatic heterocycles. The molecule has 4 aromatic rings. The second-order valence-corrected chi connectivity index (χ2v) is 9.36. The van der Waals surface area contributed by atoms with E-state index in [1.807, 2.05) is 72.8 Å². The van der Waals surface area contributed by atoms with Crippen molar-refractivity contribution in [1.29, 1.82) is 0 Å². The largest absolute Gasteiger partial charge is 0.497 e. The van der Waals surface area contributed by atoms with Crippen LogP contribution in [0.25, 0.3) is 0 Å². The molecule has 0 fully saturated rings. The van der Waals surface area contributed by atoms with Gasteiger partial charge in [0.25, 0.3) is 0 Å². The van der Waals surface area contributed by atoms with Crippen molar-refractivity contribution in [1.82, 2.24) is 4.90 Å². The number of nitrogens with two attached hydrogens (primary N) is 1. The summed E-state index contributed by atoms with van der Waals surface area (Å²) in [6.07, 6.45) is 0.271. The van der Waals surface area contributed by atoms with Gasteiger partial charge in [-0.25, -0.2) is 4.39 Å². The summed E-state index contributed by atoms with van der Waals surface area (Å²) in [6, 6.07) is 28.0. The summed E-state index contributed by atoms with van der Waals surface area (Å²) in [6.45, 7) is 1.70. The van der Waals surface area contributed by atoms with E-state index in [1.54, 1.807) is 19.2 Å². The van der Waals surface area contributed by atoms with Crippen LogP contribution in [0, 0.1) is 5.82 Å². The lowest BCUT2D eigenvalue weighted by Gasteiger charge is -2.25. The van der Waals surface area contributed by atoms with Gasteiger partial charge in [0.1, 0.15) is 41.5 Å². The third-order valence-electron chi connectivity index (χ3n) is 6.38. The molecule has 0 unspecified atom stereocenters. The molecule has 7 nitrogen and oxygen atoms in total. The number of carboxylic acids is 1. The smallest absolute Gasteiger partial charge is 0.320 e.